The van der Waals surface area contributed by atoms with Crippen molar-refractivity contribution < 1.29 is 0 Å². The van der Waals surface area contributed by atoms with Crippen LogP contribution in [-0.2, 0) is 0 Å². The SMILES string of the molecule is CC1CCCC(CC23SS2(I)S3)C1. The second kappa shape index (κ2) is 3.14. The van der Waals surface area contributed by atoms with Gasteiger partial charge in [0.05, 0.1) is 0 Å². The van der Waals surface area contributed by atoms with Gasteiger partial charge in [-0.15, -0.1) is 0 Å². The van der Waals surface area contributed by atoms with E-state index in [1.54, 1.807) is 6.42 Å². The topological polar surface area (TPSA) is 0 Å². The molecule has 2 heterocycles. The van der Waals surface area contributed by atoms with E-state index in [1.165, 1.54) is 25.7 Å². The Morgan fingerprint density at radius 2 is 2.15 bits per heavy atom. The summed E-state index contributed by atoms with van der Waals surface area (Å²) in [5, 5.41) is -0.125. The maximum atomic E-state index is 2.73. The molecule has 76 valence electrons. The Morgan fingerprint density at radius 1 is 1.46 bits per heavy atom. The van der Waals surface area contributed by atoms with E-state index in [4.69, 9.17) is 0 Å². The Hall–Kier alpha value is 1.78. The van der Waals surface area contributed by atoms with Crippen LogP contribution in [0.2, 0.25) is 0 Å². The van der Waals surface area contributed by atoms with Crippen LogP contribution in [0.25, 0.3) is 0 Å². The van der Waals surface area contributed by atoms with Crippen LogP contribution in [0.4, 0.5) is 0 Å². The normalized spacial score (nSPS) is 63.5. The molecule has 1 aliphatic carbocycles. The summed E-state index contributed by atoms with van der Waals surface area (Å²) in [5.74, 6) is 2.09. The quantitative estimate of drug-likeness (QED) is 0.376. The van der Waals surface area contributed by atoms with E-state index >= 15 is 0 Å². The predicted molar refractivity (Wildman–Crippen MR) is 75.3 cm³/mol. The summed E-state index contributed by atoms with van der Waals surface area (Å²) in [5.41, 5.74) is 0. The first-order chi connectivity index (χ1) is 6.14. The van der Waals surface area contributed by atoms with Crippen LogP contribution in [-0.4, -0.2) is 3.41 Å². The molecule has 0 radical (unpaired) electrons. The number of rotatable bonds is 2. The van der Waals surface area contributed by atoms with E-state index in [0.717, 1.165) is 15.2 Å². The van der Waals surface area contributed by atoms with Gasteiger partial charge in [0, 0.05) is 0 Å². The molecular weight excluding hydrogens is 331 g/mol. The van der Waals surface area contributed by atoms with Gasteiger partial charge in [0.25, 0.3) is 0 Å². The minimum atomic E-state index is -0.125. The van der Waals surface area contributed by atoms with Crippen LogP contribution in [0.3, 0.4) is 0 Å². The van der Waals surface area contributed by atoms with E-state index in [0.29, 0.717) is 0 Å². The van der Waals surface area contributed by atoms with Gasteiger partial charge in [-0.3, -0.25) is 0 Å². The standard InChI is InChI=1S/C9H15IS3/c1-7-3-2-4-8(5-7)6-9-11-13(9,10)12-9/h7-8H,2-6H2,1H3. The monoisotopic (exact) mass is 346 g/mol. The van der Waals surface area contributed by atoms with Crippen molar-refractivity contribution in [2.75, 3.05) is 0 Å². The van der Waals surface area contributed by atoms with Crippen molar-refractivity contribution in [1.82, 2.24) is 0 Å². The number of hydrogen-bond donors (Lipinski definition) is 0. The Morgan fingerprint density at radius 3 is 2.69 bits per heavy atom. The molecule has 0 spiro atoms. The fourth-order valence-corrected chi connectivity index (χ4v) is 22.6. The molecule has 3 rings (SSSR count). The first-order valence-corrected chi connectivity index (χ1v) is 11.9. The molecule has 0 aromatic heterocycles. The van der Waals surface area contributed by atoms with Gasteiger partial charge in [0.1, 0.15) is 3.41 Å². The third-order valence-electron chi connectivity index (χ3n) is 3.37. The maximum absolute atomic E-state index is 2.73. The second-order valence-corrected chi connectivity index (χ2v) is 20.9. The average Bonchev–Trinajstić information content (AvgIpc) is 2.72. The number of halogens is 1. The lowest BCUT2D eigenvalue weighted by molar-refractivity contribution is 0.275. The van der Waals surface area contributed by atoms with E-state index in [-0.39, 0.29) is 5.26 Å². The number of hydrogen-bond acceptors (Lipinski definition) is 2. The number of fused-ring (bicyclic) bond motifs is 1. The lowest BCUT2D eigenvalue weighted by Gasteiger charge is -2.26. The van der Waals surface area contributed by atoms with Crippen LogP contribution < -0.4 is 0 Å². The zero-order valence-electron chi connectivity index (χ0n) is 7.79. The van der Waals surface area contributed by atoms with Crippen LogP contribution in [0.5, 0.6) is 0 Å². The summed E-state index contributed by atoms with van der Waals surface area (Å²) in [7, 11) is 4.60. The predicted octanol–water partition coefficient (Wildman–Crippen LogP) is 5.33. The molecule has 3 fully saturated rings. The van der Waals surface area contributed by atoms with Gasteiger partial charge in [-0.05, 0) is 45.9 Å². The molecule has 0 bridgehead atoms. The zero-order chi connectivity index (χ0) is 9.10. The van der Waals surface area contributed by atoms with Crippen molar-refractivity contribution in [2.45, 2.75) is 42.4 Å². The smallest absolute Gasteiger partial charge is 0.0625 e. The molecule has 13 heavy (non-hydrogen) atoms. The van der Waals surface area contributed by atoms with Crippen LogP contribution in [0.15, 0.2) is 0 Å². The second-order valence-electron chi connectivity index (χ2n) is 4.63. The molecule has 2 aliphatic heterocycles. The molecule has 0 nitrogen and oxygen atoms in total. The minimum Gasteiger partial charge on any atom is -0.0625 e. The first kappa shape index (κ1) is 9.97. The van der Waals surface area contributed by atoms with Crippen molar-refractivity contribution in [3.63, 3.8) is 0 Å². The third-order valence-corrected chi connectivity index (χ3v) is 20.9. The lowest BCUT2D eigenvalue weighted by atomic mass is 9.81. The van der Waals surface area contributed by atoms with E-state index < -0.39 is 0 Å². The van der Waals surface area contributed by atoms with Gasteiger partial charge in [-0.1, -0.05) is 53.0 Å². The summed E-state index contributed by atoms with van der Waals surface area (Å²) < 4.78 is 0.801. The summed E-state index contributed by atoms with van der Waals surface area (Å²) in [6.07, 6.45) is 7.59. The van der Waals surface area contributed by atoms with Crippen LogP contribution in [0, 0.1) is 11.8 Å². The molecule has 1 saturated carbocycles. The van der Waals surface area contributed by atoms with Crippen molar-refractivity contribution in [1.29, 1.82) is 0 Å². The summed E-state index contributed by atoms with van der Waals surface area (Å²) in [4.78, 5) is 0. The highest BCUT2D eigenvalue weighted by Crippen LogP contribution is 3.23. The Balaban J connectivity index is 1.56. The van der Waals surface area contributed by atoms with Crippen molar-refractivity contribution in [2.24, 2.45) is 11.8 Å². The molecule has 4 heteroatoms. The largest absolute Gasteiger partial charge is 0.136 e. The summed E-state index contributed by atoms with van der Waals surface area (Å²) in [6, 6.07) is 0. The molecule has 0 aromatic rings. The van der Waals surface area contributed by atoms with Gasteiger partial charge in [0.2, 0.25) is 0 Å². The fourth-order valence-electron chi connectivity index (χ4n) is 2.57. The average molecular weight is 346 g/mol. The minimum absolute atomic E-state index is 0.125. The molecule has 0 amide bonds. The molecule has 2 unspecified atom stereocenters. The lowest BCUT2D eigenvalue weighted by Crippen LogP contribution is -2.15. The van der Waals surface area contributed by atoms with Crippen molar-refractivity contribution in [3.8, 4) is 0 Å². The van der Waals surface area contributed by atoms with Gasteiger partial charge in [-0.25, -0.2) is 0 Å². The summed E-state index contributed by atoms with van der Waals surface area (Å²) >= 11 is 2.73. The van der Waals surface area contributed by atoms with Crippen LogP contribution in [0.1, 0.15) is 39.0 Å². The molecular formula is C9H15IS3. The Labute approximate surface area is 101 Å². The Bertz CT molecular complexity index is 237. The zero-order valence-corrected chi connectivity index (χ0v) is 12.4. The van der Waals surface area contributed by atoms with Gasteiger partial charge in [-0.2, -0.15) is 0 Å². The highest BCUT2D eigenvalue weighted by Gasteiger charge is 2.83. The van der Waals surface area contributed by atoms with E-state index in [2.05, 4.69) is 49.7 Å². The van der Waals surface area contributed by atoms with E-state index in [9.17, 15) is 0 Å². The molecule has 2 saturated heterocycles. The molecule has 0 aromatic carbocycles. The third kappa shape index (κ3) is 1.68. The van der Waals surface area contributed by atoms with Gasteiger partial charge < -0.3 is 0 Å². The molecule has 3 aliphatic rings. The molecule has 0 N–H and O–H groups in total. The van der Waals surface area contributed by atoms with Gasteiger partial charge in [0.15, 0.2) is 0 Å². The maximum Gasteiger partial charge on any atom is 0.136 e. The summed E-state index contributed by atoms with van der Waals surface area (Å²) in [6.45, 7) is 2.44. The highest BCUT2D eigenvalue weighted by molar-refractivity contribution is 14.2. The highest BCUT2D eigenvalue weighted by atomic mass is 127. The van der Waals surface area contributed by atoms with Crippen LogP contribution >= 0.6 is 48.1 Å². The molecule has 2 atom stereocenters. The van der Waals surface area contributed by atoms with Crippen molar-refractivity contribution in [3.05, 3.63) is 0 Å². The fraction of sp³-hybridized carbons (Fsp3) is 1.00. The van der Waals surface area contributed by atoms with E-state index in [1.807, 2.05) is 0 Å². The van der Waals surface area contributed by atoms with Gasteiger partial charge >= 0.3 is 0 Å². The van der Waals surface area contributed by atoms with Crippen molar-refractivity contribution >= 4 is 48.1 Å². The first-order valence-electron chi connectivity index (χ1n) is 5.07. The Kier molecular flexibility index (Phi) is 2.41.